The molecule has 0 saturated heterocycles. The Labute approximate surface area is 178 Å². The SMILES string of the molecule is CCOc1nn(CC)cc1-c1nnc(SCC(=O)Nc2ccc(Cl)cc2)n1CC. The van der Waals surface area contributed by atoms with Crippen LogP contribution in [0.2, 0.25) is 5.02 Å². The van der Waals surface area contributed by atoms with Crippen molar-refractivity contribution in [3.05, 3.63) is 35.5 Å². The molecule has 8 nitrogen and oxygen atoms in total. The molecule has 0 radical (unpaired) electrons. The number of carbonyl (C=O) groups is 1. The highest BCUT2D eigenvalue weighted by molar-refractivity contribution is 7.99. The molecule has 1 N–H and O–H groups in total. The van der Waals surface area contributed by atoms with Crippen LogP contribution in [-0.4, -0.2) is 42.8 Å². The molecule has 1 amide bonds. The first-order valence-electron chi connectivity index (χ1n) is 9.37. The Morgan fingerprint density at radius 2 is 1.93 bits per heavy atom. The fourth-order valence-electron chi connectivity index (χ4n) is 2.70. The van der Waals surface area contributed by atoms with Gasteiger partial charge in [0.25, 0.3) is 0 Å². The standard InChI is InChI=1S/C19H23ClN6O2S/c1-4-25-11-15(18(24-25)28-6-3)17-22-23-19(26(17)5-2)29-12-16(27)21-14-9-7-13(20)8-10-14/h7-11H,4-6,12H2,1-3H3,(H,21,27). The van der Waals surface area contributed by atoms with Crippen LogP contribution in [0.15, 0.2) is 35.6 Å². The van der Waals surface area contributed by atoms with Crippen LogP contribution in [0.5, 0.6) is 5.88 Å². The summed E-state index contributed by atoms with van der Waals surface area (Å²) in [5.41, 5.74) is 1.49. The first kappa shape index (κ1) is 21.2. The zero-order valence-electron chi connectivity index (χ0n) is 16.6. The molecule has 0 fully saturated rings. The molecule has 0 aliphatic carbocycles. The van der Waals surface area contributed by atoms with Gasteiger partial charge in [-0.05, 0) is 45.0 Å². The topological polar surface area (TPSA) is 86.9 Å². The molecular formula is C19H23ClN6O2S. The van der Waals surface area contributed by atoms with Gasteiger partial charge in [-0.3, -0.25) is 9.48 Å². The number of ether oxygens (including phenoxy) is 1. The molecule has 0 atom stereocenters. The number of nitrogens with one attached hydrogen (secondary N) is 1. The van der Waals surface area contributed by atoms with Crippen molar-refractivity contribution in [1.82, 2.24) is 24.5 Å². The molecule has 2 heterocycles. The average molecular weight is 435 g/mol. The molecule has 0 unspecified atom stereocenters. The van der Waals surface area contributed by atoms with E-state index >= 15 is 0 Å². The first-order valence-corrected chi connectivity index (χ1v) is 10.7. The average Bonchev–Trinajstić information content (AvgIpc) is 3.31. The smallest absolute Gasteiger partial charge is 0.243 e. The Balaban J connectivity index is 1.73. The Morgan fingerprint density at radius 1 is 1.17 bits per heavy atom. The molecule has 3 aromatic rings. The van der Waals surface area contributed by atoms with Gasteiger partial charge < -0.3 is 14.6 Å². The summed E-state index contributed by atoms with van der Waals surface area (Å²) in [6.45, 7) is 7.84. The van der Waals surface area contributed by atoms with Crippen LogP contribution >= 0.6 is 23.4 Å². The minimum Gasteiger partial charge on any atom is -0.476 e. The Hall–Kier alpha value is -2.52. The Bertz CT molecular complexity index is 970. The van der Waals surface area contributed by atoms with Crippen LogP contribution < -0.4 is 10.1 Å². The highest BCUT2D eigenvalue weighted by atomic mass is 35.5. The third-order valence-corrected chi connectivity index (χ3v) is 5.29. The van der Waals surface area contributed by atoms with Gasteiger partial charge in [0.15, 0.2) is 11.0 Å². The molecule has 2 aromatic heterocycles. The minimum absolute atomic E-state index is 0.127. The van der Waals surface area contributed by atoms with Crippen LogP contribution in [0.25, 0.3) is 11.4 Å². The lowest BCUT2D eigenvalue weighted by Crippen LogP contribution is -2.14. The van der Waals surface area contributed by atoms with Gasteiger partial charge in [0, 0.05) is 30.0 Å². The van der Waals surface area contributed by atoms with E-state index in [1.165, 1.54) is 11.8 Å². The van der Waals surface area contributed by atoms with E-state index in [0.29, 0.717) is 40.7 Å². The summed E-state index contributed by atoms with van der Waals surface area (Å²) >= 11 is 7.20. The van der Waals surface area contributed by atoms with Crippen molar-refractivity contribution in [2.45, 2.75) is 39.0 Å². The van der Waals surface area contributed by atoms with Crippen molar-refractivity contribution < 1.29 is 9.53 Å². The number of rotatable bonds is 9. The van der Waals surface area contributed by atoms with Crippen molar-refractivity contribution in [2.24, 2.45) is 0 Å². The zero-order valence-corrected chi connectivity index (χ0v) is 18.1. The molecule has 0 saturated carbocycles. The van der Waals surface area contributed by atoms with E-state index in [1.54, 1.807) is 28.9 Å². The van der Waals surface area contributed by atoms with E-state index in [2.05, 4.69) is 20.6 Å². The summed E-state index contributed by atoms with van der Waals surface area (Å²) in [6.07, 6.45) is 1.91. The van der Waals surface area contributed by atoms with Gasteiger partial charge in [0.05, 0.1) is 12.4 Å². The first-order chi connectivity index (χ1) is 14.0. The maximum atomic E-state index is 12.3. The fraction of sp³-hybridized carbons (Fsp3) is 0.368. The summed E-state index contributed by atoms with van der Waals surface area (Å²) < 4.78 is 9.43. The van der Waals surface area contributed by atoms with Crippen LogP contribution in [0.3, 0.4) is 0 Å². The molecule has 0 aliphatic heterocycles. The number of thioether (sulfide) groups is 1. The molecule has 3 rings (SSSR count). The van der Waals surface area contributed by atoms with Crippen LogP contribution in [-0.2, 0) is 17.9 Å². The lowest BCUT2D eigenvalue weighted by Gasteiger charge is -2.08. The van der Waals surface area contributed by atoms with Gasteiger partial charge in [0.2, 0.25) is 11.8 Å². The summed E-state index contributed by atoms with van der Waals surface area (Å²) in [6, 6.07) is 6.99. The van der Waals surface area contributed by atoms with Gasteiger partial charge in [-0.2, -0.15) is 0 Å². The Morgan fingerprint density at radius 3 is 2.59 bits per heavy atom. The second-order valence-electron chi connectivity index (χ2n) is 6.03. The Kier molecular flexibility index (Phi) is 7.16. The summed E-state index contributed by atoms with van der Waals surface area (Å²) in [5.74, 6) is 1.30. The van der Waals surface area contributed by atoms with Crippen LogP contribution in [0.4, 0.5) is 5.69 Å². The molecule has 154 valence electrons. The molecule has 10 heteroatoms. The number of benzene rings is 1. The maximum absolute atomic E-state index is 12.3. The van der Waals surface area contributed by atoms with Gasteiger partial charge in [0.1, 0.15) is 5.56 Å². The zero-order chi connectivity index (χ0) is 20.8. The largest absolute Gasteiger partial charge is 0.476 e. The normalized spacial score (nSPS) is 10.9. The van der Waals surface area contributed by atoms with E-state index in [1.807, 2.05) is 31.5 Å². The number of aromatic nitrogens is 5. The number of anilines is 1. The molecular weight excluding hydrogens is 412 g/mol. The van der Waals surface area contributed by atoms with Crippen LogP contribution in [0, 0.1) is 0 Å². The summed E-state index contributed by atoms with van der Waals surface area (Å²) in [5, 5.41) is 17.2. The summed E-state index contributed by atoms with van der Waals surface area (Å²) in [4.78, 5) is 12.3. The van der Waals surface area contributed by atoms with E-state index in [0.717, 1.165) is 12.1 Å². The molecule has 0 aliphatic rings. The lowest BCUT2D eigenvalue weighted by atomic mass is 10.3. The van der Waals surface area contributed by atoms with E-state index in [-0.39, 0.29) is 11.7 Å². The van der Waals surface area contributed by atoms with E-state index < -0.39 is 0 Å². The van der Waals surface area contributed by atoms with Gasteiger partial charge in [-0.15, -0.1) is 15.3 Å². The number of halogens is 1. The number of aryl methyl sites for hydroxylation is 1. The van der Waals surface area contributed by atoms with E-state index in [9.17, 15) is 4.79 Å². The van der Waals surface area contributed by atoms with Gasteiger partial charge >= 0.3 is 0 Å². The number of amides is 1. The second-order valence-corrected chi connectivity index (χ2v) is 7.41. The highest BCUT2D eigenvalue weighted by Crippen LogP contribution is 2.30. The third kappa shape index (κ3) is 5.10. The number of nitrogens with zero attached hydrogens (tertiary/aromatic N) is 5. The molecule has 0 spiro atoms. The molecule has 29 heavy (non-hydrogen) atoms. The number of hydrogen-bond donors (Lipinski definition) is 1. The monoisotopic (exact) mass is 434 g/mol. The van der Waals surface area contributed by atoms with Crippen molar-refractivity contribution >= 4 is 35.0 Å². The van der Waals surface area contributed by atoms with Crippen molar-refractivity contribution in [1.29, 1.82) is 0 Å². The highest BCUT2D eigenvalue weighted by Gasteiger charge is 2.20. The quantitative estimate of drug-likeness (QED) is 0.513. The minimum atomic E-state index is -0.127. The van der Waals surface area contributed by atoms with Crippen molar-refractivity contribution in [3.63, 3.8) is 0 Å². The number of carbonyl (C=O) groups excluding carboxylic acids is 1. The molecule has 1 aromatic carbocycles. The molecule has 0 bridgehead atoms. The summed E-state index contributed by atoms with van der Waals surface area (Å²) in [7, 11) is 0. The predicted molar refractivity (Wildman–Crippen MR) is 115 cm³/mol. The van der Waals surface area contributed by atoms with Gasteiger partial charge in [-0.1, -0.05) is 23.4 Å². The van der Waals surface area contributed by atoms with E-state index in [4.69, 9.17) is 16.3 Å². The second kappa shape index (κ2) is 9.80. The van der Waals surface area contributed by atoms with Crippen LogP contribution in [0.1, 0.15) is 20.8 Å². The maximum Gasteiger partial charge on any atom is 0.243 e. The predicted octanol–water partition coefficient (Wildman–Crippen LogP) is 3.96. The fourth-order valence-corrected chi connectivity index (χ4v) is 3.63. The van der Waals surface area contributed by atoms with Crippen molar-refractivity contribution in [3.8, 4) is 17.3 Å². The number of hydrogen-bond acceptors (Lipinski definition) is 6. The van der Waals surface area contributed by atoms with Gasteiger partial charge in [-0.25, -0.2) is 0 Å². The third-order valence-electron chi connectivity index (χ3n) is 4.07. The van der Waals surface area contributed by atoms with Crippen molar-refractivity contribution in [2.75, 3.05) is 17.7 Å². The lowest BCUT2D eigenvalue weighted by molar-refractivity contribution is -0.113.